The number of hydrogen-bond donors (Lipinski definition) is 1. The molecule has 5 heteroatoms. The highest BCUT2D eigenvalue weighted by atomic mass is 16.5. The van der Waals surface area contributed by atoms with Crippen molar-refractivity contribution >= 4 is 11.9 Å². The lowest BCUT2D eigenvalue weighted by atomic mass is 10.1. The van der Waals surface area contributed by atoms with Crippen molar-refractivity contribution in [3.05, 3.63) is 35.9 Å². The molecule has 21 heavy (non-hydrogen) atoms. The van der Waals surface area contributed by atoms with Crippen LogP contribution in [0.25, 0.3) is 0 Å². The second kappa shape index (κ2) is 7.78. The second-order valence-electron chi connectivity index (χ2n) is 5.43. The lowest BCUT2D eigenvalue weighted by Crippen LogP contribution is -2.37. The monoisotopic (exact) mass is 290 g/mol. The molecule has 1 aromatic rings. The number of nitrogens with one attached hydrogen (secondary N) is 1. The molecular formula is C16H22N2O3. The van der Waals surface area contributed by atoms with Gasteiger partial charge in [-0.05, 0) is 12.0 Å². The van der Waals surface area contributed by atoms with Crippen molar-refractivity contribution in [1.82, 2.24) is 10.2 Å². The molecule has 1 aliphatic heterocycles. The molecular weight excluding hydrogens is 268 g/mol. The van der Waals surface area contributed by atoms with Gasteiger partial charge in [-0.15, -0.1) is 0 Å². The van der Waals surface area contributed by atoms with Crippen LogP contribution in [0, 0.1) is 5.92 Å². The highest BCUT2D eigenvalue weighted by Crippen LogP contribution is 2.08. The van der Waals surface area contributed by atoms with E-state index in [1.807, 2.05) is 42.2 Å². The quantitative estimate of drug-likeness (QED) is 0.828. The van der Waals surface area contributed by atoms with Gasteiger partial charge in [-0.1, -0.05) is 37.3 Å². The number of amides is 1. The van der Waals surface area contributed by atoms with Crippen molar-refractivity contribution in [2.75, 3.05) is 26.2 Å². The van der Waals surface area contributed by atoms with Crippen LogP contribution in [-0.4, -0.2) is 43.0 Å². The first-order valence-corrected chi connectivity index (χ1v) is 7.35. The molecule has 0 spiro atoms. The molecule has 1 heterocycles. The molecule has 0 saturated carbocycles. The third-order valence-corrected chi connectivity index (χ3v) is 3.50. The molecule has 5 nitrogen and oxygen atoms in total. The van der Waals surface area contributed by atoms with E-state index in [0.717, 1.165) is 18.5 Å². The third kappa shape index (κ3) is 5.19. The summed E-state index contributed by atoms with van der Waals surface area (Å²) in [7, 11) is 0. The average molecular weight is 290 g/mol. The number of benzene rings is 1. The van der Waals surface area contributed by atoms with Crippen LogP contribution in [0.3, 0.4) is 0 Å². The molecule has 2 rings (SSSR count). The Hall–Kier alpha value is -1.88. The van der Waals surface area contributed by atoms with Gasteiger partial charge < -0.3 is 10.1 Å². The minimum Gasteiger partial charge on any atom is -0.461 e. The molecule has 0 aromatic heterocycles. The van der Waals surface area contributed by atoms with Crippen LogP contribution in [0.5, 0.6) is 0 Å². The predicted octanol–water partition coefficient (Wildman–Crippen LogP) is 1.19. The van der Waals surface area contributed by atoms with Gasteiger partial charge in [0.15, 0.2) is 0 Å². The van der Waals surface area contributed by atoms with Crippen LogP contribution < -0.4 is 5.32 Å². The number of hydrogen-bond acceptors (Lipinski definition) is 4. The standard InChI is InChI=1S/C16H22N2O3/c1-13(10-18-9-5-8-17-15(19)11-18)16(20)21-12-14-6-3-2-4-7-14/h2-4,6-7,13H,5,8-12H2,1H3,(H,17,19). The first-order chi connectivity index (χ1) is 10.1. The Labute approximate surface area is 125 Å². The summed E-state index contributed by atoms with van der Waals surface area (Å²) in [6.45, 7) is 4.59. The zero-order valence-corrected chi connectivity index (χ0v) is 12.4. The first-order valence-electron chi connectivity index (χ1n) is 7.35. The molecule has 1 amide bonds. The fourth-order valence-corrected chi connectivity index (χ4v) is 2.36. The Kier molecular flexibility index (Phi) is 5.75. The summed E-state index contributed by atoms with van der Waals surface area (Å²) >= 11 is 0. The summed E-state index contributed by atoms with van der Waals surface area (Å²) in [4.78, 5) is 25.5. The Morgan fingerprint density at radius 1 is 1.38 bits per heavy atom. The van der Waals surface area contributed by atoms with Gasteiger partial charge in [0.2, 0.25) is 5.91 Å². The van der Waals surface area contributed by atoms with E-state index in [4.69, 9.17) is 4.74 Å². The first kappa shape index (κ1) is 15.5. The second-order valence-corrected chi connectivity index (χ2v) is 5.43. The van der Waals surface area contributed by atoms with Gasteiger partial charge in [-0.25, -0.2) is 0 Å². The van der Waals surface area contributed by atoms with Gasteiger partial charge in [0, 0.05) is 19.6 Å². The van der Waals surface area contributed by atoms with Crippen LogP contribution >= 0.6 is 0 Å². The molecule has 114 valence electrons. The van der Waals surface area contributed by atoms with Crippen LogP contribution in [0.1, 0.15) is 18.9 Å². The summed E-state index contributed by atoms with van der Waals surface area (Å²) in [5, 5.41) is 2.83. The van der Waals surface area contributed by atoms with E-state index < -0.39 is 0 Å². The molecule has 1 atom stereocenters. The highest BCUT2D eigenvalue weighted by molar-refractivity contribution is 5.78. The molecule has 1 fully saturated rings. The smallest absolute Gasteiger partial charge is 0.310 e. The molecule has 0 aliphatic carbocycles. The number of carbonyl (C=O) groups excluding carboxylic acids is 2. The molecule has 0 radical (unpaired) electrons. The van der Waals surface area contributed by atoms with Gasteiger partial charge in [0.05, 0.1) is 12.5 Å². The molecule has 1 saturated heterocycles. The van der Waals surface area contributed by atoms with E-state index in [2.05, 4.69) is 5.32 Å². The Morgan fingerprint density at radius 3 is 2.90 bits per heavy atom. The highest BCUT2D eigenvalue weighted by Gasteiger charge is 2.21. The molecule has 1 N–H and O–H groups in total. The van der Waals surface area contributed by atoms with Gasteiger partial charge in [-0.3, -0.25) is 14.5 Å². The van der Waals surface area contributed by atoms with E-state index in [0.29, 0.717) is 26.2 Å². The minimum absolute atomic E-state index is 0.0253. The SMILES string of the molecule is CC(CN1CCCNC(=O)C1)C(=O)OCc1ccccc1. The van der Waals surface area contributed by atoms with Crippen LogP contribution in [0.2, 0.25) is 0 Å². The van der Waals surface area contributed by atoms with Crippen molar-refractivity contribution in [2.45, 2.75) is 20.0 Å². The molecule has 1 unspecified atom stereocenters. The number of esters is 1. The summed E-state index contributed by atoms with van der Waals surface area (Å²) < 4.78 is 5.32. The predicted molar refractivity (Wildman–Crippen MR) is 79.5 cm³/mol. The average Bonchev–Trinajstić information content (AvgIpc) is 2.70. The topological polar surface area (TPSA) is 58.6 Å². The van der Waals surface area contributed by atoms with Crippen molar-refractivity contribution in [1.29, 1.82) is 0 Å². The maximum atomic E-state index is 12.0. The Morgan fingerprint density at radius 2 is 2.14 bits per heavy atom. The maximum absolute atomic E-state index is 12.0. The lowest BCUT2D eigenvalue weighted by Gasteiger charge is -2.21. The van der Waals surface area contributed by atoms with Crippen molar-refractivity contribution in [3.63, 3.8) is 0 Å². The molecule has 0 bridgehead atoms. The van der Waals surface area contributed by atoms with Gasteiger partial charge in [0.25, 0.3) is 0 Å². The minimum atomic E-state index is -0.236. The van der Waals surface area contributed by atoms with E-state index in [1.54, 1.807) is 0 Å². The number of rotatable bonds is 5. The third-order valence-electron chi connectivity index (χ3n) is 3.50. The van der Waals surface area contributed by atoms with Crippen LogP contribution in [-0.2, 0) is 20.9 Å². The number of ether oxygens (including phenoxy) is 1. The zero-order chi connectivity index (χ0) is 15.1. The van der Waals surface area contributed by atoms with E-state index in [-0.39, 0.29) is 17.8 Å². The summed E-state index contributed by atoms with van der Waals surface area (Å²) in [5.74, 6) is -0.430. The van der Waals surface area contributed by atoms with Crippen LogP contribution in [0.15, 0.2) is 30.3 Å². The fraction of sp³-hybridized carbons (Fsp3) is 0.500. The zero-order valence-electron chi connectivity index (χ0n) is 12.4. The maximum Gasteiger partial charge on any atom is 0.310 e. The van der Waals surface area contributed by atoms with Crippen molar-refractivity contribution in [3.8, 4) is 0 Å². The fourth-order valence-electron chi connectivity index (χ4n) is 2.36. The molecule has 1 aliphatic rings. The van der Waals surface area contributed by atoms with E-state index in [1.165, 1.54) is 0 Å². The van der Waals surface area contributed by atoms with Crippen molar-refractivity contribution in [2.24, 2.45) is 5.92 Å². The normalized spacial score (nSPS) is 17.7. The van der Waals surface area contributed by atoms with Crippen molar-refractivity contribution < 1.29 is 14.3 Å². The van der Waals surface area contributed by atoms with Crippen LogP contribution in [0.4, 0.5) is 0 Å². The van der Waals surface area contributed by atoms with E-state index in [9.17, 15) is 9.59 Å². The number of carbonyl (C=O) groups is 2. The number of nitrogens with zero attached hydrogens (tertiary/aromatic N) is 1. The Balaban J connectivity index is 1.77. The Bertz CT molecular complexity index is 476. The summed E-state index contributed by atoms with van der Waals surface area (Å²) in [6, 6.07) is 9.62. The van der Waals surface area contributed by atoms with Gasteiger partial charge in [0.1, 0.15) is 6.61 Å². The van der Waals surface area contributed by atoms with E-state index >= 15 is 0 Å². The van der Waals surface area contributed by atoms with Gasteiger partial charge >= 0.3 is 5.97 Å². The largest absolute Gasteiger partial charge is 0.461 e. The molecule has 1 aromatic carbocycles. The lowest BCUT2D eigenvalue weighted by molar-refractivity contribution is -0.150. The summed E-state index contributed by atoms with van der Waals surface area (Å²) in [5.41, 5.74) is 0.979. The van der Waals surface area contributed by atoms with Gasteiger partial charge in [-0.2, -0.15) is 0 Å². The summed E-state index contributed by atoms with van der Waals surface area (Å²) in [6.07, 6.45) is 0.914.